The Morgan fingerprint density at radius 1 is 1.03 bits per heavy atom. The summed E-state index contributed by atoms with van der Waals surface area (Å²) in [4.78, 5) is 21.0. The normalized spacial score (nSPS) is 10.9. The molecule has 4 rings (SSSR count). The van der Waals surface area contributed by atoms with E-state index in [4.69, 9.17) is 9.47 Å². The van der Waals surface area contributed by atoms with Gasteiger partial charge in [0.15, 0.2) is 22.7 Å². The summed E-state index contributed by atoms with van der Waals surface area (Å²) in [7, 11) is 3.21. The van der Waals surface area contributed by atoms with Gasteiger partial charge in [0.25, 0.3) is 0 Å². The van der Waals surface area contributed by atoms with Gasteiger partial charge in [0, 0.05) is 6.54 Å². The van der Waals surface area contributed by atoms with Gasteiger partial charge in [-0.15, -0.1) is 5.10 Å². The molecule has 9 nitrogen and oxygen atoms in total. The lowest BCUT2D eigenvalue weighted by Crippen LogP contribution is -2.27. The van der Waals surface area contributed by atoms with Crippen LogP contribution < -0.4 is 14.8 Å². The minimum Gasteiger partial charge on any atom is -0.493 e. The molecule has 0 atom stereocenters. The SMILES string of the molecule is COc1ccc(CCNC(=O)CSc2ncnc3c2nnn3Cc2ccc(C)cc2)cc1OC. The monoisotopic (exact) mass is 478 g/mol. The number of carbonyl (C=O) groups excluding carboxylic acids is 1. The number of benzene rings is 2. The van der Waals surface area contributed by atoms with Crippen molar-refractivity contribution in [2.45, 2.75) is 24.9 Å². The van der Waals surface area contributed by atoms with Gasteiger partial charge in [-0.05, 0) is 36.6 Å². The molecule has 2 aromatic heterocycles. The Balaban J connectivity index is 1.32. The van der Waals surface area contributed by atoms with Crippen molar-refractivity contribution in [3.05, 3.63) is 65.5 Å². The van der Waals surface area contributed by atoms with Crippen molar-refractivity contribution in [1.82, 2.24) is 30.3 Å². The van der Waals surface area contributed by atoms with Crippen LogP contribution in [0.2, 0.25) is 0 Å². The molecule has 0 bridgehead atoms. The molecular formula is C24H26N6O3S. The number of methoxy groups -OCH3 is 2. The summed E-state index contributed by atoms with van der Waals surface area (Å²) in [6.45, 7) is 3.13. The molecule has 10 heteroatoms. The molecule has 0 unspecified atom stereocenters. The second-order valence-corrected chi connectivity index (χ2v) is 8.63. The molecule has 0 spiro atoms. The maximum absolute atomic E-state index is 12.4. The number of hydrogen-bond donors (Lipinski definition) is 1. The number of fused-ring (bicyclic) bond motifs is 1. The molecule has 2 heterocycles. The van der Waals surface area contributed by atoms with Crippen molar-refractivity contribution in [2.24, 2.45) is 0 Å². The highest BCUT2D eigenvalue weighted by Gasteiger charge is 2.14. The summed E-state index contributed by atoms with van der Waals surface area (Å²) in [5.41, 5.74) is 4.60. The van der Waals surface area contributed by atoms with Crippen LogP contribution in [0.25, 0.3) is 11.2 Å². The predicted molar refractivity (Wildman–Crippen MR) is 130 cm³/mol. The molecule has 0 aliphatic rings. The van der Waals surface area contributed by atoms with Crippen LogP contribution in [0, 0.1) is 6.92 Å². The third kappa shape index (κ3) is 5.63. The van der Waals surface area contributed by atoms with Gasteiger partial charge in [-0.2, -0.15) is 0 Å². The molecule has 0 fully saturated rings. The minimum atomic E-state index is -0.0794. The number of hydrogen-bond acceptors (Lipinski definition) is 8. The molecule has 0 saturated heterocycles. The molecule has 0 aliphatic carbocycles. The molecular weight excluding hydrogens is 452 g/mol. The van der Waals surface area contributed by atoms with Crippen LogP contribution in [0.1, 0.15) is 16.7 Å². The van der Waals surface area contributed by atoms with Crippen molar-refractivity contribution < 1.29 is 14.3 Å². The van der Waals surface area contributed by atoms with E-state index in [1.807, 2.05) is 18.2 Å². The minimum absolute atomic E-state index is 0.0794. The maximum Gasteiger partial charge on any atom is 0.230 e. The van der Waals surface area contributed by atoms with Crippen molar-refractivity contribution in [2.75, 3.05) is 26.5 Å². The molecule has 2 aromatic carbocycles. The Labute approximate surface area is 201 Å². The number of rotatable bonds is 10. The van der Waals surface area contributed by atoms with E-state index in [9.17, 15) is 4.79 Å². The zero-order valence-electron chi connectivity index (χ0n) is 19.3. The Kier molecular flexibility index (Phi) is 7.58. The van der Waals surface area contributed by atoms with Crippen LogP contribution in [-0.4, -0.2) is 57.4 Å². The van der Waals surface area contributed by atoms with Gasteiger partial charge in [-0.3, -0.25) is 4.79 Å². The number of ether oxygens (including phenoxy) is 2. The van der Waals surface area contributed by atoms with E-state index < -0.39 is 0 Å². The van der Waals surface area contributed by atoms with E-state index in [-0.39, 0.29) is 11.7 Å². The second-order valence-electron chi connectivity index (χ2n) is 7.66. The number of nitrogens with one attached hydrogen (secondary N) is 1. The smallest absolute Gasteiger partial charge is 0.230 e. The highest BCUT2D eigenvalue weighted by atomic mass is 32.2. The first-order chi connectivity index (χ1) is 16.6. The fourth-order valence-electron chi connectivity index (χ4n) is 3.42. The second kappa shape index (κ2) is 11.0. The van der Waals surface area contributed by atoms with Gasteiger partial charge in [0.2, 0.25) is 5.91 Å². The topological polar surface area (TPSA) is 104 Å². The van der Waals surface area contributed by atoms with Crippen molar-refractivity contribution in [1.29, 1.82) is 0 Å². The van der Waals surface area contributed by atoms with Gasteiger partial charge in [0.1, 0.15) is 11.4 Å². The van der Waals surface area contributed by atoms with Crippen molar-refractivity contribution in [3.8, 4) is 11.5 Å². The highest BCUT2D eigenvalue weighted by Crippen LogP contribution is 2.27. The fourth-order valence-corrected chi connectivity index (χ4v) is 4.18. The summed E-state index contributed by atoms with van der Waals surface area (Å²) < 4.78 is 12.3. The lowest BCUT2D eigenvalue weighted by Gasteiger charge is -2.10. The van der Waals surface area contributed by atoms with Crippen LogP contribution in [-0.2, 0) is 17.8 Å². The number of carbonyl (C=O) groups is 1. The van der Waals surface area contributed by atoms with E-state index in [1.54, 1.807) is 18.9 Å². The van der Waals surface area contributed by atoms with Crippen LogP contribution in [0.3, 0.4) is 0 Å². The lowest BCUT2D eigenvalue weighted by atomic mass is 10.1. The van der Waals surface area contributed by atoms with Crippen molar-refractivity contribution >= 4 is 28.8 Å². The zero-order valence-corrected chi connectivity index (χ0v) is 20.1. The predicted octanol–water partition coefficient (Wildman–Crippen LogP) is 3.05. The van der Waals surface area contributed by atoms with Crippen LogP contribution >= 0.6 is 11.8 Å². The summed E-state index contributed by atoms with van der Waals surface area (Å²) >= 11 is 1.32. The number of aromatic nitrogens is 5. The van der Waals surface area contributed by atoms with Crippen LogP contribution in [0.4, 0.5) is 0 Å². The fraction of sp³-hybridized carbons (Fsp3) is 0.292. The molecule has 1 amide bonds. The molecule has 4 aromatic rings. The number of aryl methyl sites for hydroxylation is 1. The molecule has 1 N–H and O–H groups in total. The van der Waals surface area contributed by atoms with Gasteiger partial charge in [0.05, 0.1) is 26.5 Å². The zero-order chi connectivity index (χ0) is 23.9. The Morgan fingerprint density at radius 2 is 1.79 bits per heavy atom. The van der Waals surface area contributed by atoms with Crippen LogP contribution in [0.15, 0.2) is 53.8 Å². The summed E-state index contributed by atoms with van der Waals surface area (Å²) in [5.74, 6) is 1.50. The first-order valence-electron chi connectivity index (χ1n) is 10.8. The highest BCUT2D eigenvalue weighted by molar-refractivity contribution is 8.00. The third-order valence-electron chi connectivity index (χ3n) is 5.24. The van der Waals surface area contributed by atoms with Crippen LogP contribution in [0.5, 0.6) is 11.5 Å². The number of amides is 1. The summed E-state index contributed by atoms with van der Waals surface area (Å²) in [5, 5.41) is 12.1. The summed E-state index contributed by atoms with van der Waals surface area (Å²) in [6.07, 6.45) is 2.16. The summed E-state index contributed by atoms with van der Waals surface area (Å²) in [6, 6.07) is 14.0. The Morgan fingerprint density at radius 3 is 2.56 bits per heavy atom. The quantitative estimate of drug-likeness (QED) is 0.274. The van der Waals surface area contributed by atoms with E-state index in [0.29, 0.717) is 47.2 Å². The molecule has 34 heavy (non-hydrogen) atoms. The average molecular weight is 479 g/mol. The number of thioether (sulfide) groups is 1. The molecule has 0 aliphatic heterocycles. The Bertz CT molecular complexity index is 1280. The van der Waals surface area contributed by atoms with E-state index in [0.717, 1.165) is 11.1 Å². The van der Waals surface area contributed by atoms with E-state index in [2.05, 4.69) is 56.8 Å². The first kappa shape index (κ1) is 23.5. The first-order valence-corrected chi connectivity index (χ1v) is 11.8. The maximum atomic E-state index is 12.4. The largest absolute Gasteiger partial charge is 0.493 e. The molecule has 0 radical (unpaired) electrons. The number of nitrogens with zero attached hydrogens (tertiary/aromatic N) is 5. The third-order valence-corrected chi connectivity index (χ3v) is 6.22. The average Bonchev–Trinajstić information content (AvgIpc) is 3.27. The van der Waals surface area contributed by atoms with Gasteiger partial charge in [-0.25, -0.2) is 14.6 Å². The Hall–Kier alpha value is -3.66. The van der Waals surface area contributed by atoms with E-state index in [1.165, 1.54) is 23.7 Å². The molecule has 0 saturated carbocycles. The van der Waals surface area contributed by atoms with Gasteiger partial charge >= 0.3 is 0 Å². The molecule has 176 valence electrons. The van der Waals surface area contributed by atoms with Gasteiger partial charge < -0.3 is 14.8 Å². The standard InChI is InChI=1S/C24H26N6O3S/c1-16-4-6-18(7-5-16)13-30-23-22(28-29-30)24(27-15-26-23)34-14-21(31)25-11-10-17-8-9-19(32-2)20(12-17)33-3/h4-9,12,15H,10-11,13-14H2,1-3H3,(H,25,31). The van der Waals surface area contributed by atoms with E-state index >= 15 is 0 Å². The lowest BCUT2D eigenvalue weighted by molar-refractivity contribution is -0.118. The van der Waals surface area contributed by atoms with Crippen molar-refractivity contribution in [3.63, 3.8) is 0 Å². The van der Waals surface area contributed by atoms with Gasteiger partial charge in [-0.1, -0.05) is 52.9 Å².